The summed E-state index contributed by atoms with van der Waals surface area (Å²) in [6.45, 7) is 3.45. The van der Waals surface area contributed by atoms with E-state index in [0.29, 0.717) is 5.56 Å². The van der Waals surface area contributed by atoms with Crippen molar-refractivity contribution in [1.82, 2.24) is 0 Å². The van der Waals surface area contributed by atoms with E-state index in [2.05, 4.69) is 0 Å². The molecule has 6 heteroatoms. The molecule has 1 aromatic rings. The Morgan fingerprint density at radius 1 is 1.38 bits per heavy atom. The molecule has 0 bridgehead atoms. The van der Waals surface area contributed by atoms with Crippen molar-refractivity contribution in [1.29, 1.82) is 0 Å². The van der Waals surface area contributed by atoms with Gasteiger partial charge in [0.1, 0.15) is 0 Å². The van der Waals surface area contributed by atoms with Crippen LogP contribution in [0.15, 0.2) is 29.2 Å². The van der Waals surface area contributed by atoms with Crippen molar-refractivity contribution >= 4 is 15.8 Å². The van der Waals surface area contributed by atoms with Gasteiger partial charge < -0.3 is 9.84 Å². The molecule has 0 radical (unpaired) electrons. The van der Waals surface area contributed by atoms with E-state index >= 15 is 0 Å². The summed E-state index contributed by atoms with van der Waals surface area (Å²) < 4.78 is 29.1. The SMILES string of the molecule is COC(=O)C(O)(C(C)C)C1CCS(=O)(=O)c2ccccc21. The molecule has 116 valence electrons. The number of esters is 1. The van der Waals surface area contributed by atoms with Crippen molar-refractivity contribution in [2.45, 2.75) is 36.7 Å². The number of ether oxygens (including phenoxy) is 1. The molecule has 0 saturated carbocycles. The molecule has 2 unspecified atom stereocenters. The molecule has 1 N–H and O–H groups in total. The van der Waals surface area contributed by atoms with Crippen LogP contribution in [0.1, 0.15) is 31.7 Å². The van der Waals surface area contributed by atoms with Crippen molar-refractivity contribution in [3.63, 3.8) is 0 Å². The molecule has 1 aliphatic heterocycles. The third-order valence-electron chi connectivity index (χ3n) is 4.23. The first-order valence-corrected chi connectivity index (χ1v) is 8.52. The Morgan fingerprint density at radius 3 is 2.57 bits per heavy atom. The number of hydrogen-bond acceptors (Lipinski definition) is 5. The van der Waals surface area contributed by atoms with Crippen molar-refractivity contribution in [2.24, 2.45) is 5.92 Å². The van der Waals surface area contributed by atoms with E-state index < -0.39 is 33.2 Å². The first-order valence-electron chi connectivity index (χ1n) is 6.87. The Morgan fingerprint density at radius 2 is 2.00 bits per heavy atom. The highest BCUT2D eigenvalue weighted by atomic mass is 32.2. The Hall–Kier alpha value is -1.40. The molecule has 0 saturated heterocycles. The smallest absolute Gasteiger partial charge is 0.338 e. The van der Waals surface area contributed by atoms with Crippen LogP contribution in [0.5, 0.6) is 0 Å². The predicted octanol–water partition coefficient (Wildman–Crippen LogP) is 1.51. The van der Waals surface area contributed by atoms with Crippen LogP contribution in [-0.4, -0.2) is 38.0 Å². The number of aliphatic hydroxyl groups is 1. The van der Waals surface area contributed by atoms with Gasteiger partial charge in [-0.1, -0.05) is 32.0 Å². The van der Waals surface area contributed by atoms with Crippen LogP contribution in [-0.2, 0) is 19.4 Å². The lowest BCUT2D eigenvalue weighted by Gasteiger charge is -2.39. The summed E-state index contributed by atoms with van der Waals surface area (Å²) in [4.78, 5) is 12.3. The maximum atomic E-state index is 12.2. The summed E-state index contributed by atoms with van der Waals surface area (Å²) in [5, 5.41) is 10.9. The third-order valence-corrected chi connectivity index (χ3v) is 6.04. The molecule has 1 aliphatic rings. The van der Waals surface area contributed by atoms with E-state index in [1.54, 1.807) is 32.0 Å². The molecule has 21 heavy (non-hydrogen) atoms. The second kappa shape index (κ2) is 5.42. The molecule has 0 aliphatic carbocycles. The van der Waals surface area contributed by atoms with Gasteiger partial charge in [-0.25, -0.2) is 13.2 Å². The minimum Gasteiger partial charge on any atom is -0.467 e. The fourth-order valence-corrected chi connectivity index (χ4v) is 4.61. The monoisotopic (exact) mass is 312 g/mol. The van der Waals surface area contributed by atoms with Gasteiger partial charge in [-0.05, 0) is 24.0 Å². The maximum Gasteiger partial charge on any atom is 0.338 e. The Labute approximate surface area is 124 Å². The van der Waals surface area contributed by atoms with E-state index in [-0.39, 0.29) is 17.1 Å². The molecule has 1 heterocycles. The summed E-state index contributed by atoms with van der Waals surface area (Å²) >= 11 is 0. The standard InChI is InChI=1S/C15H20O5S/c1-10(2)15(17,14(16)20-3)12-8-9-21(18,19)13-7-5-4-6-11(12)13/h4-7,10,12,17H,8-9H2,1-3H3. The number of methoxy groups -OCH3 is 1. The van der Waals surface area contributed by atoms with E-state index in [1.807, 2.05) is 0 Å². The molecule has 0 amide bonds. The second-order valence-electron chi connectivity index (χ2n) is 5.67. The average Bonchev–Trinajstić information content (AvgIpc) is 2.45. The molecule has 2 atom stereocenters. The number of hydrogen-bond donors (Lipinski definition) is 1. The topological polar surface area (TPSA) is 80.7 Å². The van der Waals surface area contributed by atoms with Gasteiger partial charge in [0.15, 0.2) is 15.4 Å². The summed E-state index contributed by atoms with van der Waals surface area (Å²) in [5.74, 6) is -1.80. The van der Waals surface area contributed by atoms with Crippen LogP contribution in [0, 0.1) is 5.92 Å². The van der Waals surface area contributed by atoms with Crippen LogP contribution in [0.4, 0.5) is 0 Å². The second-order valence-corrected chi connectivity index (χ2v) is 7.75. The van der Waals surface area contributed by atoms with Crippen LogP contribution in [0.2, 0.25) is 0 Å². The van der Waals surface area contributed by atoms with E-state index in [1.165, 1.54) is 13.2 Å². The number of benzene rings is 1. The fourth-order valence-electron chi connectivity index (χ4n) is 2.99. The first-order chi connectivity index (χ1) is 9.75. The molecule has 0 fully saturated rings. The number of rotatable bonds is 3. The number of fused-ring (bicyclic) bond motifs is 1. The molecular weight excluding hydrogens is 292 g/mol. The van der Waals surface area contributed by atoms with Gasteiger partial charge in [0.05, 0.1) is 17.8 Å². The molecule has 1 aromatic carbocycles. The predicted molar refractivity (Wildman–Crippen MR) is 77.7 cm³/mol. The van der Waals surface area contributed by atoms with Crippen molar-refractivity contribution in [3.05, 3.63) is 29.8 Å². The van der Waals surface area contributed by atoms with Gasteiger partial charge in [-0.15, -0.1) is 0 Å². The van der Waals surface area contributed by atoms with Crippen molar-refractivity contribution in [2.75, 3.05) is 12.9 Å². The zero-order valence-corrected chi connectivity index (χ0v) is 13.2. The van der Waals surface area contributed by atoms with Crippen LogP contribution < -0.4 is 0 Å². The lowest BCUT2D eigenvalue weighted by Crippen LogP contribution is -2.51. The Kier molecular flexibility index (Phi) is 4.13. The highest BCUT2D eigenvalue weighted by Gasteiger charge is 2.51. The maximum absolute atomic E-state index is 12.2. The highest BCUT2D eigenvalue weighted by molar-refractivity contribution is 7.91. The largest absolute Gasteiger partial charge is 0.467 e. The minimum absolute atomic E-state index is 0.0826. The van der Waals surface area contributed by atoms with Gasteiger partial charge in [-0.2, -0.15) is 0 Å². The number of carbonyl (C=O) groups is 1. The first kappa shape index (κ1) is 16.0. The van der Waals surface area contributed by atoms with Crippen LogP contribution in [0.25, 0.3) is 0 Å². The van der Waals surface area contributed by atoms with Crippen LogP contribution in [0.3, 0.4) is 0 Å². The lowest BCUT2D eigenvalue weighted by molar-refractivity contribution is -0.171. The van der Waals surface area contributed by atoms with Gasteiger partial charge in [0.2, 0.25) is 0 Å². The molecule has 0 aromatic heterocycles. The molecule has 5 nitrogen and oxygen atoms in total. The zero-order chi connectivity index (χ0) is 15.8. The fraction of sp³-hybridized carbons (Fsp3) is 0.533. The van der Waals surface area contributed by atoms with E-state index in [0.717, 1.165) is 0 Å². The Balaban J connectivity index is 2.62. The Bertz CT molecular complexity index is 650. The van der Waals surface area contributed by atoms with Crippen LogP contribution >= 0.6 is 0 Å². The van der Waals surface area contributed by atoms with Crippen molar-refractivity contribution in [3.8, 4) is 0 Å². The normalized spacial score (nSPS) is 23.2. The zero-order valence-electron chi connectivity index (χ0n) is 12.4. The highest BCUT2D eigenvalue weighted by Crippen LogP contribution is 2.43. The van der Waals surface area contributed by atoms with E-state index in [9.17, 15) is 18.3 Å². The van der Waals surface area contributed by atoms with Gasteiger partial charge in [0.25, 0.3) is 0 Å². The van der Waals surface area contributed by atoms with Crippen molar-refractivity contribution < 1.29 is 23.1 Å². The average molecular weight is 312 g/mol. The summed E-state index contributed by atoms with van der Waals surface area (Å²) in [6.07, 6.45) is 0.198. The quantitative estimate of drug-likeness (QED) is 0.856. The van der Waals surface area contributed by atoms with Gasteiger partial charge in [-0.3, -0.25) is 0 Å². The molecular formula is C15H20O5S. The summed E-state index contributed by atoms with van der Waals surface area (Å²) in [7, 11) is -2.13. The van der Waals surface area contributed by atoms with Gasteiger partial charge >= 0.3 is 5.97 Å². The van der Waals surface area contributed by atoms with E-state index in [4.69, 9.17) is 4.74 Å². The lowest BCUT2D eigenvalue weighted by atomic mass is 9.73. The summed E-state index contributed by atoms with van der Waals surface area (Å²) in [5.41, 5.74) is -1.24. The third kappa shape index (κ3) is 2.46. The number of carbonyl (C=O) groups excluding carboxylic acids is 1. The summed E-state index contributed by atoms with van der Waals surface area (Å²) in [6, 6.07) is 6.54. The minimum atomic E-state index is -3.36. The number of sulfone groups is 1. The molecule has 0 spiro atoms. The molecule has 2 rings (SSSR count). The van der Waals surface area contributed by atoms with Gasteiger partial charge in [0, 0.05) is 5.92 Å².